The summed E-state index contributed by atoms with van der Waals surface area (Å²) in [6, 6.07) is 3.26. The Kier molecular flexibility index (Phi) is 5.70. The van der Waals surface area contributed by atoms with E-state index in [-0.39, 0.29) is 29.7 Å². The Morgan fingerprint density at radius 3 is 2.65 bits per heavy atom. The predicted molar refractivity (Wildman–Crippen MR) is 84.2 cm³/mol. The molecule has 1 saturated heterocycles. The lowest BCUT2D eigenvalue weighted by molar-refractivity contribution is -0.0614. The van der Waals surface area contributed by atoms with Crippen LogP contribution in [0.5, 0.6) is 0 Å². The number of carbonyl (C=O) groups excluding carboxylic acids is 1. The third kappa shape index (κ3) is 3.87. The molecule has 6 heteroatoms. The summed E-state index contributed by atoms with van der Waals surface area (Å²) < 4.78 is 26.4. The van der Waals surface area contributed by atoms with Crippen molar-refractivity contribution in [3.8, 4) is 0 Å². The Bertz CT molecular complexity index is 568. The molecule has 1 aromatic rings. The van der Waals surface area contributed by atoms with Gasteiger partial charge in [-0.05, 0) is 31.5 Å². The molecule has 128 valence electrons. The first-order valence-corrected chi connectivity index (χ1v) is 7.99. The Morgan fingerprint density at radius 2 is 2.13 bits per heavy atom. The normalized spacial score (nSPS) is 22.5. The Hall–Kier alpha value is -1.53. The summed E-state index contributed by atoms with van der Waals surface area (Å²) in [5.41, 5.74) is 0.143. The van der Waals surface area contributed by atoms with E-state index in [2.05, 4.69) is 4.90 Å². The molecule has 1 N–H and O–H groups in total. The van der Waals surface area contributed by atoms with Gasteiger partial charge in [0.1, 0.15) is 0 Å². The molecule has 0 bridgehead atoms. The molecule has 4 nitrogen and oxygen atoms in total. The van der Waals surface area contributed by atoms with E-state index in [0.29, 0.717) is 13.1 Å². The molecule has 1 aromatic carbocycles. The zero-order valence-electron chi connectivity index (χ0n) is 13.8. The number of rotatable bonds is 6. The lowest BCUT2D eigenvalue weighted by Gasteiger charge is -2.46. The summed E-state index contributed by atoms with van der Waals surface area (Å²) in [4.78, 5) is 16.2. The van der Waals surface area contributed by atoms with E-state index < -0.39 is 11.6 Å². The van der Waals surface area contributed by atoms with E-state index in [1.165, 1.54) is 6.07 Å². The highest BCUT2D eigenvalue weighted by Crippen LogP contribution is 2.21. The Morgan fingerprint density at radius 1 is 1.43 bits per heavy atom. The van der Waals surface area contributed by atoms with Gasteiger partial charge in [-0.15, -0.1) is 0 Å². The van der Waals surface area contributed by atoms with Crippen molar-refractivity contribution < 1.29 is 18.7 Å². The van der Waals surface area contributed by atoms with Crippen LogP contribution in [0.4, 0.5) is 8.78 Å². The molecule has 1 heterocycles. The summed E-state index contributed by atoms with van der Waals surface area (Å²) >= 11 is 0. The third-order valence-electron chi connectivity index (χ3n) is 4.66. The molecule has 1 aliphatic heterocycles. The van der Waals surface area contributed by atoms with Crippen molar-refractivity contribution in [2.24, 2.45) is 0 Å². The van der Waals surface area contributed by atoms with Crippen LogP contribution in [-0.4, -0.2) is 59.1 Å². The topological polar surface area (TPSA) is 43.8 Å². The molecule has 2 rings (SSSR count). The van der Waals surface area contributed by atoms with Gasteiger partial charge in [0.05, 0.1) is 6.10 Å². The molecular weight excluding hydrogens is 302 g/mol. The fraction of sp³-hybridized carbons (Fsp3) is 0.588. The van der Waals surface area contributed by atoms with Gasteiger partial charge in [0, 0.05) is 37.8 Å². The molecular formula is C17H24F2N2O2. The Labute approximate surface area is 135 Å². The van der Waals surface area contributed by atoms with Crippen LogP contribution in [0, 0.1) is 11.6 Å². The number of aliphatic hydroxyl groups excluding tert-OH is 1. The van der Waals surface area contributed by atoms with Gasteiger partial charge in [-0.2, -0.15) is 0 Å². The number of benzene rings is 1. The highest BCUT2D eigenvalue weighted by molar-refractivity contribution is 5.94. The average molecular weight is 326 g/mol. The number of amides is 1. The summed E-state index contributed by atoms with van der Waals surface area (Å²) in [7, 11) is 1.69. The number of hydrogen-bond donors (Lipinski definition) is 1. The van der Waals surface area contributed by atoms with Crippen molar-refractivity contribution in [1.82, 2.24) is 9.80 Å². The van der Waals surface area contributed by atoms with Crippen molar-refractivity contribution in [3.63, 3.8) is 0 Å². The smallest absolute Gasteiger partial charge is 0.253 e. The minimum absolute atomic E-state index is 0.0319. The molecule has 1 amide bonds. The number of β-amino-alcohol motifs (C(OH)–C–C–N with tert-alkyl or cyclic N) is 1. The quantitative estimate of drug-likeness (QED) is 0.872. The average Bonchev–Trinajstić information content (AvgIpc) is 2.54. The minimum atomic E-state index is -1.02. The molecule has 23 heavy (non-hydrogen) atoms. The van der Waals surface area contributed by atoms with Crippen LogP contribution in [0.2, 0.25) is 0 Å². The summed E-state index contributed by atoms with van der Waals surface area (Å²) in [5.74, 6) is -2.30. The van der Waals surface area contributed by atoms with E-state index in [4.69, 9.17) is 0 Å². The van der Waals surface area contributed by atoms with E-state index in [1.54, 1.807) is 11.9 Å². The van der Waals surface area contributed by atoms with Gasteiger partial charge < -0.3 is 10.0 Å². The molecule has 1 aliphatic rings. The number of likely N-dealkylation sites (tertiary alicyclic amines) is 1. The minimum Gasteiger partial charge on any atom is -0.390 e. The van der Waals surface area contributed by atoms with Crippen molar-refractivity contribution in [2.45, 2.75) is 44.9 Å². The van der Waals surface area contributed by atoms with Crippen LogP contribution >= 0.6 is 0 Å². The van der Waals surface area contributed by atoms with Gasteiger partial charge in [0.2, 0.25) is 0 Å². The van der Waals surface area contributed by atoms with E-state index in [9.17, 15) is 18.7 Å². The number of halogens is 2. The SMILES string of the molecule is CCC[C@@H](CN1C[C@@H](O)[C@@H]1C)N(C)C(=O)c1ccc(F)c(F)c1. The van der Waals surface area contributed by atoms with Crippen molar-refractivity contribution >= 4 is 5.91 Å². The molecule has 0 unspecified atom stereocenters. The third-order valence-corrected chi connectivity index (χ3v) is 4.66. The molecule has 0 aliphatic carbocycles. The predicted octanol–water partition coefficient (Wildman–Crippen LogP) is 2.27. The zero-order chi connectivity index (χ0) is 17.1. The van der Waals surface area contributed by atoms with Gasteiger partial charge in [0.25, 0.3) is 5.91 Å². The molecule has 0 spiro atoms. The van der Waals surface area contributed by atoms with Gasteiger partial charge in [-0.1, -0.05) is 13.3 Å². The first kappa shape index (κ1) is 17.8. The second-order valence-electron chi connectivity index (χ2n) is 6.25. The van der Waals surface area contributed by atoms with Crippen LogP contribution in [-0.2, 0) is 0 Å². The standard InChI is InChI=1S/C17H24F2N2O2/c1-4-5-13(9-21-10-16(22)11(21)2)20(3)17(23)12-6-7-14(18)15(19)8-12/h6-8,11,13,16,22H,4-5,9-10H2,1-3H3/t11-,13-,16+/m0/s1. The first-order chi connectivity index (χ1) is 10.8. The maximum Gasteiger partial charge on any atom is 0.253 e. The Balaban J connectivity index is 2.08. The van der Waals surface area contributed by atoms with E-state index in [1.807, 2.05) is 13.8 Å². The van der Waals surface area contributed by atoms with Crippen molar-refractivity contribution in [2.75, 3.05) is 20.1 Å². The van der Waals surface area contributed by atoms with Crippen LogP contribution in [0.1, 0.15) is 37.0 Å². The second-order valence-corrected chi connectivity index (χ2v) is 6.25. The molecule has 0 aromatic heterocycles. The lowest BCUT2D eigenvalue weighted by atomic mass is 9.98. The second kappa shape index (κ2) is 7.36. The van der Waals surface area contributed by atoms with Crippen molar-refractivity contribution in [3.05, 3.63) is 35.4 Å². The number of aliphatic hydroxyl groups is 1. The number of nitrogens with zero attached hydrogens (tertiary/aromatic N) is 2. The van der Waals surface area contributed by atoms with Crippen molar-refractivity contribution in [1.29, 1.82) is 0 Å². The highest BCUT2D eigenvalue weighted by Gasteiger charge is 2.36. The monoisotopic (exact) mass is 326 g/mol. The largest absolute Gasteiger partial charge is 0.390 e. The molecule has 1 fully saturated rings. The van der Waals surface area contributed by atoms with Crippen LogP contribution in [0.25, 0.3) is 0 Å². The fourth-order valence-corrected chi connectivity index (χ4v) is 2.92. The van der Waals surface area contributed by atoms with Crippen LogP contribution < -0.4 is 0 Å². The van der Waals surface area contributed by atoms with Gasteiger partial charge >= 0.3 is 0 Å². The number of likely N-dealkylation sites (N-methyl/N-ethyl adjacent to an activating group) is 1. The molecule has 3 atom stereocenters. The molecule has 0 radical (unpaired) electrons. The summed E-state index contributed by atoms with van der Waals surface area (Å²) in [6.07, 6.45) is 1.40. The summed E-state index contributed by atoms with van der Waals surface area (Å²) in [5, 5.41) is 9.61. The zero-order valence-corrected chi connectivity index (χ0v) is 13.8. The van der Waals surface area contributed by atoms with Gasteiger partial charge in [-0.25, -0.2) is 8.78 Å². The van der Waals surface area contributed by atoms with Crippen LogP contribution in [0.15, 0.2) is 18.2 Å². The molecule has 0 saturated carbocycles. The maximum absolute atomic E-state index is 13.3. The first-order valence-electron chi connectivity index (χ1n) is 7.99. The highest BCUT2D eigenvalue weighted by atomic mass is 19.2. The van der Waals surface area contributed by atoms with E-state index in [0.717, 1.165) is 25.0 Å². The van der Waals surface area contributed by atoms with E-state index >= 15 is 0 Å². The lowest BCUT2D eigenvalue weighted by Crippen LogP contribution is -2.61. The van der Waals surface area contributed by atoms with Gasteiger partial charge in [0.15, 0.2) is 11.6 Å². The number of hydrogen-bond acceptors (Lipinski definition) is 3. The maximum atomic E-state index is 13.3. The summed E-state index contributed by atoms with van der Waals surface area (Å²) in [6.45, 7) is 5.26. The van der Waals surface area contributed by atoms with Gasteiger partial charge in [-0.3, -0.25) is 9.69 Å². The van der Waals surface area contributed by atoms with Crippen LogP contribution in [0.3, 0.4) is 0 Å². The number of carbonyl (C=O) groups is 1. The fourth-order valence-electron chi connectivity index (χ4n) is 2.92.